The number of phenols is 1. The zero-order valence-corrected chi connectivity index (χ0v) is 12.2. The molecule has 1 N–H and O–H groups in total. The number of phenolic OH excluding ortho intramolecular Hbond substituents is 1. The van der Waals surface area contributed by atoms with Gasteiger partial charge in [0, 0.05) is 5.69 Å². The molecule has 0 aliphatic carbocycles. The normalized spacial score (nSPS) is 10.9. The summed E-state index contributed by atoms with van der Waals surface area (Å²) >= 11 is 0. The van der Waals surface area contributed by atoms with Gasteiger partial charge in [0.15, 0.2) is 0 Å². The van der Waals surface area contributed by atoms with E-state index in [0.717, 1.165) is 29.1 Å². The highest BCUT2D eigenvalue weighted by molar-refractivity contribution is 5.52. The minimum absolute atomic E-state index is 0.285. The molecule has 0 radical (unpaired) electrons. The summed E-state index contributed by atoms with van der Waals surface area (Å²) in [6.45, 7) is 8.32. The number of nitrogens with zero attached hydrogens (tertiary/aromatic N) is 2. The average Bonchev–Trinajstić information content (AvgIpc) is 2.63. The van der Waals surface area contributed by atoms with Crippen molar-refractivity contribution in [2.45, 2.75) is 47.0 Å². The van der Waals surface area contributed by atoms with E-state index in [1.54, 1.807) is 6.07 Å². The van der Waals surface area contributed by atoms with E-state index in [2.05, 4.69) is 18.9 Å². The number of aromatic nitrogens is 2. The molecular weight excluding hydrogens is 236 g/mol. The van der Waals surface area contributed by atoms with Crippen molar-refractivity contribution in [3.05, 3.63) is 40.7 Å². The fourth-order valence-electron chi connectivity index (χ4n) is 2.53. The molecule has 2 aromatic rings. The molecule has 0 atom stereocenters. The minimum Gasteiger partial charge on any atom is -0.506 e. The van der Waals surface area contributed by atoms with Crippen molar-refractivity contribution < 1.29 is 5.11 Å². The van der Waals surface area contributed by atoms with Crippen LogP contribution in [0.1, 0.15) is 42.3 Å². The Morgan fingerprint density at radius 3 is 2.58 bits per heavy atom. The number of unbranched alkanes of at least 4 members (excludes halogenated alkanes) is 1. The number of hydrogen-bond donors (Lipinski definition) is 1. The second-order valence-corrected chi connectivity index (χ2v) is 5.11. The van der Waals surface area contributed by atoms with Gasteiger partial charge in [-0.2, -0.15) is 5.10 Å². The highest BCUT2D eigenvalue weighted by atomic mass is 16.3. The number of aryl methyl sites for hydroxylation is 2. The maximum absolute atomic E-state index is 10.1. The van der Waals surface area contributed by atoms with E-state index >= 15 is 0 Å². The molecule has 3 nitrogen and oxygen atoms in total. The molecule has 102 valence electrons. The number of rotatable bonds is 4. The first kappa shape index (κ1) is 13.7. The van der Waals surface area contributed by atoms with Crippen molar-refractivity contribution >= 4 is 0 Å². The molecule has 0 spiro atoms. The molecule has 1 aromatic heterocycles. The monoisotopic (exact) mass is 258 g/mol. The summed E-state index contributed by atoms with van der Waals surface area (Å²) in [5.41, 5.74) is 5.34. The second-order valence-electron chi connectivity index (χ2n) is 5.11. The Morgan fingerprint density at radius 1 is 1.21 bits per heavy atom. The van der Waals surface area contributed by atoms with Gasteiger partial charge in [0.05, 0.1) is 5.69 Å². The van der Waals surface area contributed by atoms with Gasteiger partial charge < -0.3 is 5.11 Å². The van der Waals surface area contributed by atoms with E-state index in [9.17, 15) is 5.11 Å². The van der Waals surface area contributed by atoms with Crippen LogP contribution in [0, 0.1) is 20.8 Å². The van der Waals surface area contributed by atoms with Gasteiger partial charge in [-0.1, -0.05) is 25.5 Å². The Labute approximate surface area is 114 Å². The topological polar surface area (TPSA) is 38.0 Å². The summed E-state index contributed by atoms with van der Waals surface area (Å²) in [6, 6.07) is 5.57. The van der Waals surface area contributed by atoms with Gasteiger partial charge >= 0.3 is 0 Å². The van der Waals surface area contributed by atoms with E-state index < -0.39 is 0 Å². The molecular formula is C16H22N2O. The second kappa shape index (κ2) is 5.47. The van der Waals surface area contributed by atoms with Crippen LogP contribution in [0.25, 0.3) is 5.69 Å². The lowest BCUT2D eigenvalue weighted by molar-refractivity contribution is 0.469. The van der Waals surface area contributed by atoms with E-state index in [4.69, 9.17) is 0 Å². The van der Waals surface area contributed by atoms with E-state index in [1.807, 2.05) is 30.7 Å². The summed E-state index contributed by atoms with van der Waals surface area (Å²) in [7, 11) is 0. The van der Waals surface area contributed by atoms with Crippen molar-refractivity contribution in [2.75, 3.05) is 0 Å². The van der Waals surface area contributed by atoms with Crippen LogP contribution in [0.3, 0.4) is 0 Å². The van der Waals surface area contributed by atoms with Gasteiger partial charge in [0.25, 0.3) is 0 Å². The Balaban J connectivity index is 2.52. The molecule has 0 saturated heterocycles. The first-order valence-corrected chi connectivity index (χ1v) is 6.90. The summed E-state index contributed by atoms with van der Waals surface area (Å²) in [6.07, 6.45) is 3.41. The van der Waals surface area contributed by atoms with Crippen LogP contribution < -0.4 is 0 Å². The third-order valence-corrected chi connectivity index (χ3v) is 3.65. The maximum atomic E-state index is 10.1. The van der Waals surface area contributed by atoms with Crippen LogP contribution in [-0.2, 0) is 6.42 Å². The summed E-state index contributed by atoms with van der Waals surface area (Å²) in [5.74, 6) is 0.285. The molecule has 19 heavy (non-hydrogen) atoms. The van der Waals surface area contributed by atoms with Gasteiger partial charge in [0.1, 0.15) is 11.4 Å². The van der Waals surface area contributed by atoms with Crippen molar-refractivity contribution in [2.24, 2.45) is 0 Å². The third kappa shape index (κ3) is 2.50. The van der Waals surface area contributed by atoms with Gasteiger partial charge in [-0.05, 0) is 50.8 Å². The van der Waals surface area contributed by atoms with Gasteiger partial charge in [0.2, 0.25) is 0 Å². The van der Waals surface area contributed by atoms with Crippen LogP contribution in [0.5, 0.6) is 5.75 Å². The summed E-state index contributed by atoms with van der Waals surface area (Å²) in [5, 5.41) is 14.7. The zero-order chi connectivity index (χ0) is 14.0. The van der Waals surface area contributed by atoms with Gasteiger partial charge in [-0.25, -0.2) is 4.68 Å². The summed E-state index contributed by atoms with van der Waals surface area (Å²) < 4.78 is 1.88. The smallest absolute Gasteiger partial charge is 0.141 e. The van der Waals surface area contributed by atoms with Crippen molar-refractivity contribution in [3.63, 3.8) is 0 Å². The maximum Gasteiger partial charge on any atom is 0.141 e. The molecule has 0 unspecified atom stereocenters. The Morgan fingerprint density at radius 2 is 1.95 bits per heavy atom. The Hall–Kier alpha value is -1.77. The summed E-state index contributed by atoms with van der Waals surface area (Å²) in [4.78, 5) is 0. The third-order valence-electron chi connectivity index (χ3n) is 3.65. The highest BCUT2D eigenvalue weighted by Gasteiger charge is 2.15. The molecule has 0 aliphatic heterocycles. The number of para-hydroxylation sites is 1. The first-order chi connectivity index (χ1) is 9.06. The molecule has 0 amide bonds. The predicted octanol–water partition coefficient (Wildman–Crippen LogP) is 3.85. The quantitative estimate of drug-likeness (QED) is 0.904. The largest absolute Gasteiger partial charge is 0.506 e. The molecule has 0 aliphatic rings. The predicted molar refractivity (Wildman–Crippen MR) is 78.1 cm³/mol. The lowest BCUT2D eigenvalue weighted by Crippen LogP contribution is -2.02. The average molecular weight is 258 g/mol. The molecule has 1 heterocycles. The van der Waals surface area contributed by atoms with Crippen molar-refractivity contribution in [1.82, 2.24) is 9.78 Å². The van der Waals surface area contributed by atoms with E-state index in [0.29, 0.717) is 0 Å². The van der Waals surface area contributed by atoms with Gasteiger partial charge in [-0.3, -0.25) is 0 Å². The standard InChI is InChI=1S/C16H22N2O/c1-5-6-9-14-12(3)17-18(13(14)4)16-11(2)8-7-10-15(16)19/h7-8,10,19H,5-6,9H2,1-4H3. The molecule has 2 rings (SSSR count). The SMILES string of the molecule is CCCCc1c(C)nn(-c2c(C)cccc2O)c1C. The van der Waals surface area contributed by atoms with Crippen LogP contribution in [0.4, 0.5) is 0 Å². The van der Waals surface area contributed by atoms with Crippen LogP contribution in [0.15, 0.2) is 18.2 Å². The molecule has 1 aromatic carbocycles. The van der Waals surface area contributed by atoms with Crippen LogP contribution >= 0.6 is 0 Å². The molecule has 0 saturated carbocycles. The number of hydrogen-bond acceptors (Lipinski definition) is 2. The van der Waals surface area contributed by atoms with E-state index in [-0.39, 0.29) is 5.75 Å². The molecule has 0 fully saturated rings. The zero-order valence-electron chi connectivity index (χ0n) is 12.2. The lowest BCUT2D eigenvalue weighted by Gasteiger charge is -2.10. The number of benzene rings is 1. The highest BCUT2D eigenvalue weighted by Crippen LogP contribution is 2.28. The lowest BCUT2D eigenvalue weighted by atomic mass is 10.1. The minimum atomic E-state index is 0.285. The fraction of sp³-hybridized carbons (Fsp3) is 0.438. The fourth-order valence-corrected chi connectivity index (χ4v) is 2.53. The Kier molecular flexibility index (Phi) is 3.93. The first-order valence-electron chi connectivity index (χ1n) is 6.90. The van der Waals surface area contributed by atoms with E-state index in [1.165, 1.54) is 18.4 Å². The molecule has 0 bridgehead atoms. The van der Waals surface area contributed by atoms with Gasteiger partial charge in [-0.15, -0.1) is 0 Å². The van der Waals surface area contributed by atoms with Crippen LogP contribution in [-0.4, -0.2) is 14.9 Å². The molecule has 3 heteroatoms. The van der Waals surface area contributed by atoms with Crippen molar-refractivity contribution in [1.29, 1.82) is 0 Å². The Bertz CT molecular complexity index is 564. The number of aromatic hydroxyl groups is 1. The van der Waals surface area contributed by atoms with Crippen molar-refractivity contribution in [3.8, 4) is 11.4 Å². The van der Waals surface area contributed by atoms with Crippen LogP contribution in [0.2, 0.25) is 0 Å².